The van der Waals surface area contributed by atoms with E-state index in [1.165, 1.54) is 18.2 Å². The summed E-state index contributed by atoms with van der Waals surface area (Å²) in [6.45, 7) is 1.90. The van der Waals surface area contributed by atoms with E-state index in [0.29, 0.717) is 12.1 Å². The Kier molecular flexibility index (Phi) is 6.48. The molecule has 3 aromatic rings. The Hall–Kier alpha value is -2.97. The van der Waals surface area contributed by atoms with Crippen LogP contribution < -0.4 is 5.43 Å². The molecule has 31 heavy (non-hydrogen) atoms. The number of hydrogen-bond donors (Lipinski definition) is 2. The third-order valence-electron chi connectivity index (χ3n) is 5.10. The highest BCUT2D eigenvalue weighted by molar-refractivity contribution is 7.99. The Morgan fingerprint density at radius 2 is 2.00 bits per heavy atom. The Labute approximate surface area is 188 Å². The third-order valence-corrected chi connectivity index (χ3v) is 6.34. The van der Waals surface area contributed by atoms with E-state index in [9.17, 15) is 14.7 Å². The van der Waals surface area contributed by atoms with Crippen LogP contribution in [0.25, 0.3) is 10.9 Å². The molecule has 0 bridgehead atoms. The molecule has 9 heteroatoms. The highest BCUT2D eigenvalue weighted by atomic mass is 35.5. The molecular weight excluding hydrogens is 436 g/mol. The van der Waals surface area contributed by atoms with Gasteiger partial charge in [0.25, 0.3) is 5.91 Å². The summed E-state index contributed by atoms with van der Waals surface area (Å²) in [6.07, 6.45) is 3.46. The summed E-state index contributed by atoms with van der Waals surface area (Å²) in [4.78, 5) is 26.8. The number of phenolic OH excluding ortho intramolecular Hbond substituents is 1. The number of carbonyl (C=O) groups is 2. The van der Waals surface area contributed by atoms with Crippen molar-refractivity contribution in [2.75, 3.05) is 24.6 Å². The van der Waals surface area contributed by atoms with Crippen molar-refractivity contribution in [3.63, 3.8) is 0 Å². The molecule has 1 fully saturated rings. The number of aromatic hydroxyl groups is 1. The van der Waals surface area contributed by atoms with E-state index in [0.717, 1.165) is 41.1 Å². The normalized spacial score (nSPS) is 14.3. The van der Waals surface area contributed by atoms with E-state index in [1.807, 2.05) is 51.7 Å². The number of aromatic nitrogens is 1. The van der Waals surface area contributed by atoms with Gasteiger partial charge in [-0.2, -0.15) is 16.9 Å². The molecule has 160 valence electrons. The summed E-state index contributed by atoms with van der Waals surface area (Å²) in [6, 6.07) is 11.9. The number of nitrogens with zero attached hydrogens (tertiary/aromatic N) is 3. The minimum atomic E-state index is -0.437. The minimum Gasteiger partial charge on any atom is -0.506 e. The van der Waals surface area contributed by atoms with Crippen LogP contribution in [0.2, 0.25) is 5.02 Å². The lowest BCUT2D eigenvalue weighted by molar-refractivity contribution is -0.131. The van der Waals surface area contributed by atoms with Gasteiger partial charge in [0, 0.05) is 52.8 Å². The fourth-order valence-electron chi connectivity index (χ4n) is 3.43. The maximum Gasteiger partial charge on any atom is 0.271 e. The predicted molar refractivity (Wildman–Crippen MR) is 124 cm³/mol. The van der Waals surface area contributed by atoms with Crippen LogP contribution in [0, 0.1) is 0 Å². The van der Waals surface area contributed by atoms with Crippen molar-refractivity contribution in [3.05, 3.63) is 64.8 Å². The molecule has 0 saturated carbocycles. The number of hydrazone groups is 1. The van der Waals surface area contributed by atoms with E-state index in [1.54, 1.807) is 6.21 Å². The molecule has 7 nitrogen and oxygen atoms in total. The standard InChI is InChI=1S/C22H21ClN4O3S/c23-18-12-15(4-5-20(18)28)22(30)25-24-13-16-2-1-3-19-17(16)6-7-27(19)14-21(29)26-8-10-31-11-9-26/h1-7,12-13,28H,8-11,14H2,(H,25,30). The van der Waals surface area contributed by atoms with E-state index >= 15 is 0 Å². The molecule has 1 aromatic heterocycles. The Balaban J connectivity index is 1.46. The Morgan fingerprint density at radius 3 is 2.77 bits per heavy atom. The summed E-state index contributed by atoms with van der Waals surface area (Å²) in [5, 5.41) is 14.5. The number of halogens is 1. The van der Waals surface area contributed by atoms with Gasteiger partial charge in [-0.25, -0.2) is 5.43 Å². The topological polar surface area (TPSA) is 86.9 Å². The van der Waals surface area contributed by atoms with Crippen LogP contribution >= 0.6 is 23.4 Å². The first kappa shape index (κ1) is 21.3. The highest BCUT2D eigenvalue weighted by Gasteiger charge is 2.17. The lowest BCUT2D eigenvalue weighted by Crippen LogP contribution is -2.39. The number of thioether (sulfide) groups is 1. The second-order valence-electron chi connectivity index (χ2n) is 7.08. The molecule has 0 spiro atoms. The molecule has 1 aliphatic heterocycles. The van der Waals surface area contributed by atoms with Crippen molar-refractivity contribution >= 4 is 52.3 Å². The van der Waals surface area contributed by atoms with Gasteiger partial charge >= 0.3 is 0 Å². The first-order valence-corrected chi connectivity index (χ1v) is 11.3. The lowest BCUT2D eigenvalue weighted by atomic mass is 10.1. The molecule has 0 unspecified atom stereocenters. The van der Waals surface area contributed by atoms with Gasteiger partial charge < -0.3 is 14.6 Å². The van der Waals surface area contributed by atoms with Crippen molar-refractivity contribution in [1.82, 2.24) is 14.9 Å². The summed E-state index contributed by atoms with van der Waals surface area (Å²) in [5.41, 5.74) is 4.50. The second-order valence-corrected chi connectivity index (χ2v) is 8.71. The van der Waals surface area contributed by atoms with Crippen LogP contribution in [0.3, 0.4) is 0 Å². The van der Waals surface area contributed by atoms with Crippen molar-refractivity contribution < 1.29 is 14.7 Å². The molecule has 0 radical (unpaired) electrons. The minimum absolute atomic E-state index is 0.0874. The van der Waals surface area contributed by atoms with Crippen molar-refractivity contribution in [2.45, 2.75) is 6.54 Å². The number of nitrogens with one attached hydrogen (secondary N) is 1. The number of amides is 2. The zero-order valence-corrected chi connectivity index (χ0v) is 18.2. The van der Waals surface area contributed by atoms with E-state index in [2.05, 4.69) is 10.5 Å². The quantitative estimate of drug-likeness (QED) is 0.455. The number of fused-ring (bicyclic) bond motifs is 1. The third kappa shape index (κ3) is 4.86. The first-order valence-electron chi connectivity index (χ1n) is 9.78. The number of benzene rings is 2. The SMILES string of the molecule is O=C(NN=Cc1cccc2c1ccn2CC(=O)N1CCSCC1)c1ccc(O)c(Cl)c1. The van der Waals surface area contributed by atoms with E-state index in [-0.39, 0.29) is 16.7 Å². The van der Waals surface area contributed by atoms with Crippen LogP contribution in [0.5, 0.6) is 5.75 Å². The molecule has 0 atom stereocenters. The van der Waals surface area contributed by atoms with Gasteiger partial charge in [-0.3, -0.25) is 9.59 Å². The smallest absolute Gasteiger partial charge is 0.271 e. The van der Waals surface area contributed by atoms with Crippen LogP contribution in [0.4, 0.5) is 0 Å². The molecule has 2 N–H and O–H groups in total. The number of phenols is 1. The van der Waals surface area contributed by atoms with Crippen molar-refractivity contribution in [1.29, 1.82) is 0 Å². The molecule has 2 amide bonds. The molecule has 1 aliphatic rings. The lowest BCUT2D eigenvalue weighted by Gasteiger charge is -2.26. The molecule has 1 saturated heterocycles. The largest absolute Gasteiger partial charge is 0.506 e. The zero-order chi connectivity index (χ0) is 21.8. The Bertz CT molecular complexity index is 1150. The summed E-state index contributed by atoms with van der Waals surface area (Å²) < 4.78 is 1.94. The molecule has 2 aromatic carbocycles. The zero-order valence-electron chi connectivity index (χ0n) is 16.6. The van der Waals surface area contributed by atoms with Crippen LogP contribution in [-0.4, -0.2) is 57.2 Å². The Morgan fingerprint density at radius 1 is 1.19 bits per heavy atom. The maximum atomic E-state index is 12.6. The van der Waals surface area contributed by atoms with Gasteiger partial charge in [0.05, 0.1) is 11.2 Å². The second kappa shape index (κ2) is 9.45. The molecule has 2 heterocycles. The monoisotopic (exact) mass is 456 g/mol. The average Bonchev–Trinajstić information content (AvgIpc) is 3.19. The average molecular weight is 457 g/mol. The van der Waals surface area contributed by atoms with Gasteiger partial charge in [-0.15, -0.1) is 0 Å². The molecule has 4 rings (SSSR count). The van der Waals surface area contributed by atoms with E-state index in [4.69, 9.17) is 11.6 Å². The number of carbonyl (C=O) groups excluding carboxylic acids is 2. The van der Waals surface area contributed by atoms with Crippen molar-refractivity contribution in [2.24, 2.45) is 5.10 Å². The number of rotatable bonds is 5. The van der Waals surface area contributed by atoms with Gasteiger partial charge in [-0.1, -0.05) is 23.7 Å². The van der Waals surface area contributed by atoms with E-state index < -0.39 is 5.91 Å². The summed E-state index contributed by atoms with van der Waals surface area (Å²) in [7, 11) is 0. The highest BCUT2D eigenvalue weighted by Crippen LogP contribution is 2.23. The van der Waals surface area contributed by atoms with Crippen molar-refractivity contribution in [3.8, 4) is 5.75 Å². The van der Waals surface area contributed by atoms with Crippen LogP contribution in [0.1, 0.15) is 15.9 Å². The first-order chi connectivity index (χ1) is 15.0. The summed E-state index contributed by atoms with van der Waals surface area (Å²) in [5.74, 6) is 1.57. The predicted octanol–water partition coefficient (Wildman–Crippen LogP) is 3.34. The fraction of sp³-hybridized carbons (Fsp3) is 0.227. The fourth-order valence-corrected chi connectivity index (χ4v) is 4.51. The number of hydrogen-bond acceptors (Lipinski definition) is 5. The van der Waals surface area contributed by atoms with Crippen LogP contribution in [-0.2, 0) is 11.3 Å². The molecule has 0 aliphatic carbocycles. The van der Waals surface area contributed by atoms with Gasteiger partial charge in [0.15, 0.2) is 0 Å². The summed E-state index contributed by atoms with van der Waals surface area (Å²) >= 11 is 7.72. The van der Waals surface area contributed by atoms with Gasteiger partial charge in [-0.05, 0) is 30.3 Å². The molecular formula is C22H21ClN4O3S. The maximum absolute atomic E-state index is 12.6. The van der Waals surface area contributed by atoms with Gasteiger partial charge in [0.1, 0.15) is 12.3 Å². The van der Waals surface area contributed by atoms with Gasteiger partial charge in [0.2, 0.25) is 5.91 Å². The van der Waals surface area contributed by atoms with Crippen LogP contribution in [0.15, 0.2) is 53.8 Å².